The van der Waals surface area contributed by atoms with Gasteiger partial charge in [0, 0.05) is 11.3 Å². The Labute approximate surface area is 88.1 Å². The molecule has 0 amide bonds. The number of hydrogen-bond acceptors (Lipinski definition) is 4. The standard InChI is InChI=1S/C9H15N3O3/c1-7(4-13)2-3-9-14-5-8(6-15-9)11-12-10/h2,8-9,13H,3-6H2,1H3/b7-2+/t8-,9+. The number of azide groups is 1. The molecule has 0 aromatic rings. The Morgan fingerprint density at radius 2 is 2.27 bits per heavy atom. The molecule has 0 atom stereocenters. The van der Waals surface area contributed by atoms with Crippen molar-refractivity contribution in [2.24, 2.45) is 5.11 Å². The first kappa shape index (κ1) is 12.0. The normalized spacial score (nSPS) is 27.2. The molecule has 0 radical (unpaired) electrons. The molecule has 0 unspecified atom stereocenters. The second kappa shape index (κ2) is 6.42. The molecule has 6 nitrogen and oxygen atoms in total. The van der Waals surface area contributed by atoms with Gasteiger partial charge < -0.3 is 14.6 Å². The van der Waals surface area contributed by atoms with Crippen molar-refractivity contribution in [3.8, 4) is 0 Å². The maximum absolute atomic E-state index is 8.77. The second-order valence-corrected chi connectivity index (χ2v) is 3.40. The van der Waals surface area contributed by atoms with Crippen molar-refractivity contribution < 1.29 is 14.6 Å². The topological polar surface area (TPSA) is 87.5 Å². The van der Waals surface area contributed by atoms with Crippen molar-refractivity contribution >= 4 is 0 Å². The monoisotopic (exact) mass is 213 g/mol. The molecular weight excluding hydrogens is 198 g/mol. The average molecular weight is 213 g/mol. The predicted octanol–water partition coefficient (Wildman–Crippen LogP) is 1.37. The van der Waals surface area contributed by atoms with Crippen LogP contribution in [0.2, 0.25) is 0 Å². The first-order valence-corrected chi connectivity index (χ1v) is 4.80. The van der Waals surface area contributed by atoms with E-state index < -0.39 is 0 Å². The molecule has 1 N–H and O–H groups in total. The van der Waals surface area contributed by atoms with Crippen LogP contribution in [0.5, 0.6) is 0 Å². The molecule has 1 heterocycles. The lowest BCUT2D eigenvalue weighted by Crippen LogP contribution is -2.34. The zero-order chi connectivity index (χ0) is 11.1. The van der Waals surface area contributed by atoms with Gasteiger partial charge in [0.05, 0.1) is 25.9 Å². The molecule has 1 rings (SSSR count). The fourth-order valence-corrected chi connectivity index (χ4v) is 1.17. The van der Waals surface area contributed by atoms with Gasteiger partial charge in [-0.2, -0.15) is 0 Å². The van der Waals surface area contributed by atoms with Gasteiger partial charge >= 0.3 is 0 Å². The number of rotatable bonds is 4. The van der Waals surface area contributed by atoms with E-state index in [1.165, 1.54) is 0 Å². The molecular formula is C9H15N3O3. The van der Waals surface area contributed by atoms with Gasteiger partial charge in [-0.25, -0.2) is 0 Å². The fourth-order valence-electron chi connectivity index (χ4n) is 1.17. The summed E-state index contributed by atoms with van der Waals surface area (Å²) in [6.45, 7) is 2.67. The lowest BCUT2D eigenvalue weighted by molar-refractivity contribution is -0.182. The summed E-state index contributed by atoms with van der Waals surface area (Å²) in [4.78, 5) is 2.69. The minimum absolute atomic E-state index is 0.0497. The van der Waals surface area contributed by atoms with Crippen LogP contribution in [-0.4, -0.2) is 37.3 Å². The highest BCUT2D eigenvalue weighted by molar-refractivity contribution is 4.98. The van der Waals surface area contributed by atoms with Crippen LogP contribution in [0, 0.1) is 0 Å². The van der Waals surface area contributed by atoms with Crippen LogP contribution in [-0.2, 0) is 9.47 Å². The molecule has 0 bridgehead atoms. The van der Waals surface area contributed by atoms with E-state index in [9.17, 15) is 0 Å². The Bertz CT molecular complexity index is 266. The smallest absolute Gasteiger partial charge is 0.161 e. The lowest BCUT2D eigenvalue weighted by Gasteiger charge is -2.26. The summed E-state index contributed by atoms with van der Waals surface area (Å²) in [6.07, 6.45) is 2.19. The summed E-state index contributed by atoms with van der Waals surface area (Å²) in [6, 6.07) is -0.228. The van der Waals surface area contributed by atoms with Crippen molar-refractivity contribution in [3.63, 3.8) is 0 Å². The van der Waals surface area contributed by atoms with Crippen LogP contribution < -0.4 is 0 Å². The number of ether oxygens (including phenoxy) is 2. The van der Waals surface area contributed by atoms with Crippen LogP contribution in [0.1, 0.15) is 13.3 Å². The van der Waals surface area contributed by atoms with Crippen molar-refractivity contribution in [3.05, 3.63) is 22.1 Å². The fraction of sp³-hybridized carbons (Fsp3) is 0.778. The molecule has 6 heteroatoms. The van der Waals surface area contributed by atoms with Gasteiger partial charge in [-0.15, -0.1) is 0 Å². The Morgan fingerprint density at radius 1 is 1.60 bits per heavy atom. The SMILES string of the molecule is C/C(=C\C[C@H]1OC[C@@H](N=[N+]=[N-])CO1)CO. The molecule has 1 fully saturated rings. The highest BCUT2D eigenvalue weighted by atomic mass is 16.7. The van der Waals surface area contributed by atoms with Gasteiger partial charge in [0.15, 0.2) is 6.29 Å². The summed E-state index contributed by atoms with van der Waals surface area (Å²) in [5.41, 5.74) is 9.09. The highest BCUT2D eigenvalue weighted by Gasteiger charge is 2.20. The third-order valence-electron chi connectivity index (χ3n) is 2.07. The third-order valence-corrected chi connectivity index (χ3v) is 2.07. The van der Waals surface area contributed by atoms with Crippen LogP contribution in [0.3, 0.4) is 0 Å². The Kier molecular flexibility index (Phi) is 5.14. The second-order valence-electron chi connectivity index (χ2n) is 3.40. The van der Waals surface area contributed by atoms with Gasteiger partial charge in [0.2, 0.25) is 0 Å². The molecule has 84 valence electrons. The maximum atomic E-state index is 8.77. The van der Waals surface area contributed by atoms with E-state index >= 15 is 0 Å². The third kappa shape index (κ3) is 4.31. The molecule has 1 saturated heterocycles. The summed E-state index contributed by atoms with van der Waals surface area (Å²) in [7, 11) is 0. The van der Waals surface area contributed by atoms with Crippen LogP contribution in [0.4, 0.5) is 0 Å². The largest absolute Gasteiger partial charge is 0.392 e. The molecule has 1 aliphatic heterocycles. The number of hydrogen-bond donors (Lipinski definition) is 1. The van der Waals surface area contributed by atoms with E-state index in [1.807, 2.05) is 13.0 Å². The van der Waals surface area contributed by atoms with E-state index in [2.05, 4.69) is 10.0 Å². The van der Waals surface area contributed by atoms with E-state index in [1.54, 1.807) is 0 Å². The van der Waals surface area contributed by atoms with Gasteiger partial charge in [-0.3, -0.25) is 0 Å². The van der Waals surface area contributed by atoms with Crippen molar-refractivity contribution in [2.45, 2.75) is 25.7 Å². The number of aliphatic hydroxyl groups is 1. The van der Waals surface area contributed by atoms with Gasteiger partial charge in [-0.05, 0) is 12.5 Å². The van der Waals surface area contributed by atoms with Crippen molar-refractivity contribution in [2.75, 3.05) is 19.8 Å². The number of aliphatic hydroxyl groups excluding tert-OH is 1. The molecule has 0 spiro atoms. The van der Waals surface area contributed by atoms with Crippen molar-refractivity contribution in [1.29, 1.82) is 0 Å². The first-order valence-electron chi connectivity index (χ1n) is 4.80. The Hall–Kier alpha value is -1.07. The van der Waals surface area contributed by atoms with Gasteiger partial charge in [-0.1, -0.05) is 16.8 Å². The van der Waals surface area contributed by atoms with E-state index in [-0.39, 0.29) is 18.9 Å². The lowest BCUT2D eigenvalue weighted by atomic mass is 10.2. The van der Waals surface area contributed by atoms with Gasteiger partial charge in [0.25, 0.3) is 0 Å². The molecule has 0 aromatic carbocycles. The number of nitrogens with zero attached hydrogens (tertiary/aromatic N) is 3. The maximum Gasteiger partial charge on any atom is 0.161 e. The highest BCUT2D eigenvalue weighted by Crippen LogP contribution is 2.12. The zero-order valence-electron chi connectivity index (χ0n) is 8.67. The Morgan fingerprint density at radius 3 is 2.80 bits per heavy atom. The van der Waals surface area contributed by atoms with E-state index in [0.717, 1.165) is 5.57 Å². The minimum atomic E-state index is -0.295. The summed E-state index contributed by atoms with van der Waals surface area (Å²) in [5.74, 6) is 0. The van der Waals surface area contributed by atoms with Crippen LogP contribution in [0.25, 0.3) is 10.4 Å². The van der Waals surface area contributed by atoms with E-state index in [4.69, 9.17) is 20.1 Å². The quantitative estimate of drug-likeness (QED) is 0.331. The van der Waals surface area contributed by atoms with Crippen molar-refractivity contribution in [1.82, 2.24) is 0 Å². The predicted molar refractivity (Wildman–Crippen MR) is 54.1 cm³/mol. The molecule has 0 aromatic heterocycles. The van der Waals surface area contributed by atoms with E-state index in [0.29, 0.717) is 19.6 Å². The molecule has 1 aliphatic rings. The molecule has 15 heavy (non-hydrogen) atoms. The minimum Gasteiger partial charge on any atom is -0.392 e. The zero-order valence-corrected chi connectivity index (χ0v) is 8.67. The Balaban J connectivity index is 2.28. The summed E-state index contributed by atoms with van der Waals surface area (Å²) >= 11 is 0. The molecule has 0 aliphatic carbocycles. The first-order chi connectivity index (χ1) is 7.26. The average Bonchev–Trinajstić information content (AvgIpc) is 2.28. The van der Waals surface area contributed by atoms with Gasteiger partial charge in [0.1, 0.15) is 0 Å². The van der Waals surface area contributed by atoms with Crippen LogP contribution >= 0.6 is 0 Å². The summed E-state index contributed by atoms with van der Waals surface area (Å²) in [5, 5.41) is 12.3. The molecule has 0 saturated carbocycles. The van der Waals surface area contributed by atoms with Crippen LogP contribution in [0.15, 0.2) is 16.8 Å². The summed E-state index contributed by atoms with van der Waals surface area (Å²) < 4.78 is 10.6.